The van der Waals surface area contributed by atoms with Crippen LogP contribution in [0.2, 0.25) is 0 Å². The third kappa shape index (κ3) is 18.4. The van der Waals surface area contributed by atoms with Gasteiger partial charge in [0.25, 0.3) is 0 Å². The minimum atomic E-state index is 0.0591. The van der Waals surface area contributed by atoms with Crippen LogP contribution in [0.15, 0.2) is 359 Å². The number of nitrogens with zero attached hydrogens (tertiary/aromatic N) is 11. The molecule has 0 aliphatic rings. The minimum Gasteiger partial charge on any atom is -0.238 e. The maximum absolute atomic E-state index is 7.61. The molecule has 0 atom stereocenters. The lowest BCUT2D eigenvalue weighted by Gasteiger charge is -2.21. The van der Waals surface area contributed by atoms with E-state index in [1.54, 1.807) is 0 Å². The summed E-state index contributed by atoms with van der Waals surface area (Å²) in [6.07, 6.45) is 16.9. The summed E-state index contributed by atoms with van der Waals surface area (Å²) >= 11 is 0. The van der Waals surface area contributed by atoms with Crippen LogP contribution in [0.1, 0.15) is 93.7 Å². The first-order chi connectivity index (χ1) is 62.2. The van der Waals surface area contributed by atoms with Gasteiger partial charge in [0, 0.05) is 224 Å². The topological polar surface area (TPSA) is 43.2 Å². The number of hydrogen-bond acceptors (Lipinski definition) is 0. The van der Waals surface area contributed by atoms with Crippen molar-refractivity contribution in [3.63, 3.8) is 0 Å². The van der Waals surface area contributed by atoms with Crippen LogP contribution in [-0.2, 0) is 40.7 Å². The molecule has 0 radical (unpaired) electrons. The highest BCUT2D eigenvalue weighted by atomic mass is 15.0. The van der Waals surface area contributed by atoms with E-state index in [0.717, 1.165) is 33.7 Å². The van der Waals surface area contributed by atoms with E-state index >= 15 is 0 Å². The highest BCUT2D eigenvalue weighted by molar-refractivity contribution is 5.99. The lowest BCUT2D eigenvalue weighted by Crippen LogP contribution is -2.37. The summed E-state index contributed by atoms with van der Waals surface area (Å²) in [6.45, 7) is 40.7. The predicted molar refractivity (Wildman–Crippen MR) is 525 cm³/mol. The number of fused-ring (bicyclic) bond motifs is 4. The van der Waals surface area contributed by atoms with Gasteiger partial charge in [0.1, 0.15) is 35.2 Å². The fourth-order valence-corrected chi connectivity index (χ4v) is 18.4. The Bertz CT molecular complexity index is 7280. The van der Waals surface area contributed by atoms with E-state index in [4.69, 9.17) is 6.57 Å². The molecule has 0 N–H and O–H groups in total. The molecule has 636 valence electrons. The lowest BCUT2D eigenvalue weighted by atomic mass is 9.84. The Morgan fingerprint density at radius 1 is 0.256 bits per heavy atom. The largest absolute Gasteiger partial charge is 0.238 e. The molecule has 0 unspecified atom stereocenters. The Labute approximate surface area is 762 Å². The molecule has 19 rings (SSSR count). The summed E-state index contributed by atoms with van der Waals surface area (Å²) in [5.41, 5.74) is 37.9. The normalized spacial score (nSPS) is 11.1. The lowest BCUT2D eigenvalue weighted by molar-refractivity contribution is -0.660. The van der Waals surface area contributed by atoms with Crippen molar-refractivity contribution in [1.29, 1.82) is 0 Å². The first-order valence-electron chi connectivity index (χ1n) is 44.5. The van der Waals surface area contributed by atoms with Crippen LogP contribution in [0.5, 0.6) is 0 Å². The maximum atomic E-state index is 7.61. The summed E-state index contributed by atoms with van der Waals surface area (Å²) in [7, 11) is 10.5. The Morgan fingerprint density at radius 3 is 1.09 bits per heavy atom. The molecule has 0 aliphatic heterocycles. The van der Waals surface area contributed by atoms with E-state index in [1.165, 1.54) is 167 Å². The SMILES string of the molecule is Cc1c(-[n+]2ccccc2C)cc2ccccc2c1-c1cccc[n+]1C.Cc1c(-c2cccc[n+]2C)cc(C(C)(C)C)cc1-[n+]1c(C)ccc2ccccc21.Cc1c(-c2cccc[n+]2C)cc2ccccc2c1-[n+]1ccccc1C.Cc1cc(C)c(-[n+]2ccccc2C)c(C)c1-c1cccc[n+]1C.[C-]#[N+]c1cc(-c2cccc[n+]2C)c(C)c(-[n+]2c(C)ccc3ccccc32)c1. The number of aryl methyl sites for hydroxylation is 12. The standard InChI is InChI=1S/C27H30N2.C24H21N3.2C23H22N2.C21H24N2/c1-19-14-15-21-11-7-8-12-24(21)29(19)26-18-22(27(3,4)5)17-23(20(26)2)25-13-9-10-16-28(25)6;1-17-12-13-19-9-5-6-10-22(19)27(17)24-16-20(25-3)15-21(18(24)2)23-11-7-8-14-26(23)4;1-17-10-6-9-15-25(17)23-18(2)21(22-13-7-8-14-24(22)3)16-19-11-4-5-12-20(19)23;1-17-10-6-9-15-25(17)22-16-19-11-4-5-12-20(19)23(18(22)2)21-13-7-8-14-24(21)3;1-15-14-16(2)21(23-13-9-6-10-17(23)3)18(4)20(15)19-11-7-8-12-22(19)5/h7-18H,1-6H3;5-16H,1-2,4H3;2*4-16H,1-3H3;6-14H,1-5H3/q5*+2. The quantitative estimate of drug-likeness (QED) is 0.0968. The van der Waals surface area contributed by atoms with Gasteiger partial charge in [-0.1, -0.05) is 106 Å². The van der Waals surface area contributed by atoms with Gasteiger partial charge in [-0.3, -0.25) is 0 Å². The van der Waals surface area contributed by atoms with E-state index in [2.05, 4.69) is 511 Å². The van der Waals surface area contributed by atoms with E-state index in [1.807, 2.05) is 37.5 Å². The molecule has 19 aromatic rings. The van der Waals surface area contributed by atoms with Crippen molar-refractivity contribution >= 4 is 49.0 Å². The number of pyridine rings is 10. The van der Waals surface area contributed by atoms with Crippen LogP contribution in [0.25, 0.3) is 133 Å². The molecular formula is C118H119N11+10. The van der Waals surface area contributed by atoms with Crippen LogP contribution in [-0.4, -0.2) is 0 Å². The molecule has 0 amide bonds. The third-order valence-electron chi connectivity index (χ3n) is 25.3. The number of benzene rings is 9. The molecule has 0 bridgehead atoms. The third-order valence-corrected chi connectivity index (χ3v) is 25.3. The van der Waals surface area contributed by atoms with Crippen molar-refractivity contribution in [2.45, 2.75) is 109 Å². The van der Waals surface area contributed by atoms with Gasteiger partial charge in [0.2, 0.25) is 67.9 Å². The number of aromatic nitrogens is 10. The van der Waals surface area contributed by atoms with Gasteiger partial charge in [0.15, 0.2) is 83.7 Å². The second-order valence-electron chi connectivity index (χ2n) is 35.1. The van der Waals surface area contributed by atoms with Crippen molar-refractivity contribution in [2.75, 3.05) is 0 Å². The first-order valence-corrected chi connectivity index (χ1v) is 44.5. The average Bonchev–Trinajstić information content (AvgIpc) is 0.694. The molecule has 0 fully saturated rings. The van der Waals surface area contributed by atoms with Gasteiger partial charge in [-0.25, -0.2) is 27.7 Å². The van der Waals surface area contributed by atoms with Crippen LogP contribution < -0.4 is 45.7 Å². The zero-order chi connectivity index (χ0) is 91.1. The maximum Gasteiger partial charge on any atom is 0.222 e. The Kier molecular flexibility index (Phi) is 26.5. The van der Waals surface area contributed by atoms with Crippen LogP contribution in [0.3, 0.4) is 0 Å². The van der Waals surface area contributed by atoms with Crippen LogP contribution >= 0.6 is 0 Å². The molecule has 11 nitrogen and oxygen atoms in total. The van der Waals surface area contributed by atoms with Gasteiger partial charge < -0.3 is 0 Å². The molecule has 0 saturated heterocycles. The van der Waals surface area contributed by atoms with E-state index < -0.39 is 0 Å². The smallest absolute Gasteiger partial charge is 0.222 e. The molecule has 11 heteroatoms. The van der Waals surface area contributed by atoms with E-state index in [0.29, 0.717) is 5.69 Å². The van der Waals surface area contributed by atoms with Gasteiger partial charge in [-0.2, -0.15) is 22.8 Å². The minimum absolute atomic E-state index is 0.0591. The monoisotopic (exact) mass is 1690 g/mol. The molecule has 0 saturated carbocycles. The fraction of sp³-hybridized carbons (Fsp3) is 0.178. The molecule has 10 heterocycles. The second-order valence-corrected chi connectivity index (χ2v) is 35.1. The Morgan fingerprint density at radius 2 is 0.628 bits per heavy atom. The predicted octanol–water partition coefficient (Wildman–Crippen LogP) is 22.4. The number of hydrogen-bond donors (Lipinski definition) is 0. The van der Waals surface area contributed by atoms with Gasteiger partial charge in [-0.05, 0) is 166 Å². The van der Waals surface area contributed by atoms with Gasteiger partial charge in [0.05, 0.1) is 34.2 Å². The summed E-state index contributed by atoms with van der Waals surface area (Å²) in [6, 6.07) is 109. The van der Waals surface area contributed by atoms with E-state index in [9.17, 15) is 0 Å². The molecule has 129 heavy (non-hydrogen) atoms. The van der Waals surface area contributed by atoms with Crippen molar-refractivity contribution in [2.24, 2.45) is 35.2 Å². The van der Waals surface area contributed by atoms with Crippen molar-refractivity contribution in [1.82, 2.24) is 0 Å². The Hall–Kier alpha value is -15.0. The summed E-state index contributed by atoms with van der Waals surface area (Å²) in [5.74, 6) is 0. The molecule has 0 spiro atoms. The van der Waals surface area contributed by atoms with Crippen molar-refractivity contribution < 1.29 is 45.7 Å². The first kappa shape index (κ1) is 88.9. The van der Waals surface area contributed by atoms with Crippen molar-refractivity contribution in [3.05, 3.63) is 443 Å². The summed E-state index contributed by atoms with van der Waals surface area (Å²) < 4.78 is 22.4. The zero-order valence-electron chi connectivity index (χ0n) is 78.5. The van der Waals surface area contributed by atoms with Gasteiger partial charge in [-0.15, -0.1) is 0 Å². The Balaban J connectivity index is 0.000000124. The van der Waals surface area contributed by atoms with Gasteiger partial charge >= 0.3 is 0 Å². The van der Waals surface area contributed by atoms with E-state index in [-0.39, 0.29) is 5.41 Å². The molecule has 10 aromatic heterocycles. The zero-order valence-corrected chi connectivity index (χ0v) is 78.5. The second kappa shape index (κ2) is 38.5. The van der Waals surface area contributed by atoms with Crippen LogP contribution in [0, 0.1) is 89.7 Å². The number of rotatable bonds is 10. The highest BCUT2D eigenvalue weighted by Gasteiger charge is 2.32. The fourth-order valence-electron chi connectivity index (χ4n) is 18.4. The molecule has 0 aliphatic carbocycles. The molecule has 9 aromatic carbocycles. The highest BCUT2D eigenvalue weighted by Crippen LogP contribution is 2.38. The number of para-hydroxylation sites is 2. The molecular weight excluding hydrogens is 1570 g/mol. The van der Waals surface area contributed by atoms with Crippen LogP contribution in [0.4, 0.5) is 5.69 Å². The average molecular weight is 1690 g/mol. The summed E-state index contributed by atoms with van der Waals surface area (Å²) in [4.78, 5) is 3.75. The van der Waals surface area contributed by atoms with Crippen molar-refractivity contribution in [3.8, 4) is 84.7 Å². The summed E-state index contributed by atoms with van der Waals surface area (Å²) in [5, 5.41) is 7.53.